The van der Waals surface area contributed by atoms with E-state index in [1.807, 2.05) is 11.0 Å². The zero-order valence-electron chi connectivity index (χ0n) is 33.3. The third kappa shape index (κ3) is 5.41. The fourth-order valence-corrected chi connectivity index (χ4v) is 14.1. The second-order valence-corrected chi connectivity index (χ2v) is 20.2. The maximum atomic E-state index is 14.1. The summed E-state index contributed by atoms with van der Waals surface area (Å²) >= 11 is 0. The van der Waals surface area contributed by atoms with Gasteiger partial charge < -0.3 is 35.2 Å². The highest BCUT2D eigenvalue weighted by Crippen LogP contribution is 2.73. The van der Waals surface area contributed by atoms with Crippen molar-refractivity contribution in [1.82, 2.24) is 0 Å². The van der Waals surface area contributed by atoms with E-state index in [9.17, 15) is 35.1 Å². The molecule has 1 amide bonds. The Labute approximate surface area is 326 Å². The first-order chi connectivity index (χ1) is 26.1. The van der Waals surface area contributed by atoms with Crippen LogP contribution in [0.3, 0.4) is 0 Å². The quantitative estimate of drug-likeness (QED) is 0.164. The van der Waals surface area contributed by atoms with E-state index in [-0.39, 0.29) is 71.6 Å². The molecule has 8 aliphatic rings. The number of hydrogen-bond acceptors (Lipinski definition) is 8. The number of nitrogens with zero attached hydrogens (tertiary/aromatic N) is 1. The van der Waals surface area contributed by atoms with E-state index in [4.69, 9.17) is 4.74 Å². The maximum absolute atomic E-state index is 14.1. The molecule has 13 atom stereocenters. The van der Waals surface area contributed by atoms with Gasteiger partial charge in [-0.1, -0.05) is 59.1 Å². The summed E-state index contributed by atoms with van der Waals surface area (Å²) in [5.41, 5.74) is -2.10. The number of carbonyl (C=O) groups excluding carboxylic acids is 2. The van der Waals surface area contributed by atoms with E-state index < -0.39 is 40.2 Å². The van der Waals surface area contributed by atoms with Crippen molar-refractivity contribution in [3.63, 3.8) is 0 Å². The number of epoxide rings is 1. The van der Waals surface area contributed by atoms with Gasteiger partial charge in [-0.05, 0) is 129 Å². The Balaban J connectivity index is 1.11. The molecule has 4 saturated carbocycles. The minimum Gasteiger partial charge on any atom is -0.508 e. The first kappa shape index (κ1) is 38.0. The normalized spacial score (nSPS) is 44.9. The van der Waals surface area contributed by atoms with Gasteiger partial charge in [0.1, 0.15) is 17.5 Å². The molecule has 0 radical (unpaired) electrons. The van der Waals surface area contributed by atoms with Crippen LogP contribution in [0, 0.1) is 51.8 Å². The lowest BCUT2D eigenvalue weighted by molar-refractivity contribution is -0.182. The van der Waals surface area contributed by atoms with Crippen molar-refractivity contribution in [2.24, 2.45) is 51.8 Å². The summed E-state index contributed by atoms with van der Waals surface area (Å²) in [5, 5.41) is 59.6. The number of rotatable bonds is 7. The molecule has 0 unspecified atom stereocenters. The number of aliphatic hydroxyl groups is 4. The van der Waals surface area contributed by atoms with Crippen LogP contribution in [-0.2, 0) is 20.7 Å². The summed E-state index contributed by atoms with van der Waals surface area (Å²) in [7, 11) is 0. The molecule has 5 N–H and O–H groups in total. The zero-order valence-corrected chi connectivity index (χ0v) is 33.3. The Morgan fingerprint density at radius 3 is 2.45 bits per heavy atom. The summed E-state index contributed by atoms with van der Waals surface area (Å²) < 4.78 is 6.43. The molecular formula is C46H63NO8. The van der Waals surface area contributed by atoms with Gasteiger partial charge in [0.05, 0.1) is 29.3 Å². The van der Waals surface area contributed by atoms with Gasteiger partial charge in [0.2, 0.25) is 5.91 Å². The zero-order chi connectivity index (χ0) is 38.9. The van der Waals surface area contributed by atoms with Crippen LogP contribution in [0.25, 0.3) is 0 Å². The molecule has 300 valence electrons. The van der Waals surface area contributed by atoms with Gasteiger partial charge in [-0.3, -0.25) is 9.59 Å². The highest BCUT2D eigenvalue weighted by Gasteiger charge is 2.76. The Bertz CT molecular complexity index is 1800. The maximum Gasteiger partial charge on any atom is 0.233 e. The molecule has 1 aromatic rings. The van der Waals surface area contributed by atoms with Crippen LogP contribution in [0.5, 0.6) is 5.75 Å². The van der Waals surface area contributed by atoms with Gasteiger partial charge >= 0.3 is 0 Å². The van der Waals surface area contributed by atoms with Crippen molar-refractivity contribution in [3.05, 3.63) is 47.6 Å². The van der Waals surface area contributed by atoms with Crippen molar-refractivity contribution in [1.29, 1.82) is 0 Å². The van der Waals surface area contributed by atoms with E-state index in [1.54, 1.807) is 18.2 Å². The van der Waals surface area contributed by atoms with Crippen molar-refractivity contribution in [3.8, 4) is 5.75 Å². The minimum absolute atomic E-state index is 0.0820. The lowest BCUT2D eigenvalue weighted by Crippen LogP contribution is -2.66. The van der Waals surface area contributed by atoms with E-state index in [1.165, 1.54) is 6.42 Å². The first-order valence-corrected chi connectivity index (χ1v) is 21.6. The Hall–Kier alpha value is -2.56. The lowest BCUT2D eigenvalue weighted by Gasteiger charge is -2.63. The molecule has 0 bridgehead atoms. The van der Waals surface area contributed by atoms with Gasteiger partial charge in [0.15, 0.2) is 5.78 Å². The number of benzene rings is 1. The first-order valence-electron chi connectivity index (χ1n) is 21.6. The number of aryl methyl sites for hydroxylation is 1. The number of fused-ring (bicyclic) bond motifs is 4. The average Bonchev–Trinajstić information content (AvgIpc) is 3.83. The molecule has 0 aromatic heterocycles. The topological polar surface area (TPSA) is 151 Å². The lowest BCUT2D eigenvalue weighted by atomic mass is 9.42. The molecular weight excluding hydrogens is 695 g/mol. The van der Waals surface area contributed by atoms with E-state index >= 15 is 0 Å². The smallest absolute Gasteiger partial charge is 0.233 e. The van der Waals surface area contributed by atoms with Crippen molar-refractivity contribution >= 4 is 17.4 Å². The monoisotopic (exact) mass is 757 g/mol. The fraction of sp³-hybridized carbons (Fsp3) is 0.739. The SMILES string of the molecule is CC(C)[C@@H](C)[C@@H]1O[C@H]1[C@@]1(O)CC=C[C@@H]2C[C@H]3C(=CC(=O)[C@@H]4C[C@@H](O)[C@@H](O)C[C@@]43C)[C@]3(O)CC[C@H]1[C@@]23CCc1cc(O)cc(N2CCC3(CCCCC3)C2=O)c1. The number of ketones is 1. The van der Waals surface area contributed by atoms with Gasteiger partial charge in [-0.25, -0.2) is 0 Å². The molecule has 55 heavy (non-hydrogen) atoms. The van der Waals surface area contributed by atoms with E-state index in [0.29, 0.717) is 56.7 Å². The van der Waals surface area contributed by atoms with Crippen LogP contribution in [0.1, 0.15) is 117 Å². The number of carbonyl (C=O) groups is 2. The van der Waals surface area contributed by atoms with E-state index in [0.717, 1.165) is 43.2 Å². The van der Waals surface area contributed by atoms with Crippen molar-refractivity contribution in [2.45, 2.75) is 153 Å². The average molecular weight is 758 g/mol. The van der Waals surface area contributed by atoms with Crippen molar-refractivity contribution in [2.75, 3.05) is 11.4 Å². The Morgan fingerprint density at radius 1 is 0.945 bits per heavy atom. The molecule has 2 saturated heterocycles. The van der Waals surface area contributed by atoms with Gasteiger partial charge in [-0.15, -0.1) is 0 Å². The summed E-state index contributed by atoms with van der Waals surface area (Å²) in [5.74, 6) is -0.277. The molecule has 2 heterocycles. The molecule has 1 spiro atoms. The summed E-state index contributed by atoms with van der Waals surface area (Å²) in [6, 6.07) is 5.51. The highest BCUT2D eigenvalue weighted by atomic mass is 16.6. The standard InChI is InChI=1S/C46H63NO8/c1-26(2)27(3)39-40(55-39)45(53)14-8-9-29-21-32-33(23-35(49)34-24-36(50)37(51)25-42(32,34)4)46(54)16-11-38(45)44(29,46)15-10-28-19-30(22-31(48)20-28)47-18-17-43(41(47)52)12-6-5-7-13-43/h8-9,19-20,22-23,26-27,29,32,34,36-40,48,50-51,53-54H,5-7,10-18,21,24-25H2,1-4H3/t27-,29-,32+,34+,36-,37+,38+,39+,40-,42-,44-,45-,46-/m1/s1. The largest absolute Gasteiger partial charge is 0.508 e. The Kier molecular flexibility index (Phi) is 8.96. The molecule has 9 nitrogen and oxygen atoms in total. The molecule has 6 fully saturated rings. The minimum atomic E-state index is -1.41. The second-order valence-electron chi connectivity index (χ2n) is 20.2. The summed E-state index contributed by atoms with van der Waals surface area (Å²) in [6.45, 7) is 9.27. The van der Waals surface area contributed by atoms with Crippen LogP contribution in [-0.4, -0.2) is 79.4 Å². The predicted octanol–water partition coefficient (Wildman–Crippen LogP) is 6.17. The number of allylic oxidation sites excluding steroid dienone is 2. The number of ether oxygens (including phenoxy) is 1. The number of amides is 1. The third-order valence-corrected chi connectivity index (χ3v) is 17.4. The van der Waals surface area contributed by atoms with Gasteiger partial charge in [-0.2, -0.15) is 0 Å². The molecule has 2 aliphatic heterocycles. The van der Waals surface area contributed by atoms with Crippen LogP contribution >= 0.6 is 0 Å². The van der Waals surface area contributed by atoms with Gasteiger partial charge in [0, 0.05) is 35.5 Å². The number of phenolic OH excluding ortho intramolecular Hbond substituents is 1. The molecule has 9 heteroatoms. The summed E-state index contributed by atoms with van der Waals surface area (Å²) in [6.07, 6.45) is 13.2. The number of aliphatic hydroxyl groups excluding tert-OH is 2. The third-order valence-electron chi connectivity index (χ3n) is 17.4. The fourth-order valence-electron chi connectivity index (χ4n) is 14.1. The predicted molar refractivity (Wildman–Crippen MR) is 208 cm³/mol. The van der Waals surface area contributed by atoms with Crippen molar-refractivity contribution < 1.29 is 39.9 Å². The van der Waals surface area contributed by atoms with Gasteiger partial charge in [0.25, 0.3) is 0 Å². The summed E-state index contributed by atoms with van der Waals surface area (Å²) in [4.78, 5) is 29.9. The highest BCUT2D eigenvalue weighted by molar-refractivity contribution is 6.00. The van der Waals surface area contributed by atoms with Crippen LogP contribution in [0.15, 0.2) is 42.0 Å². The van der Waals surface area contributed by atoms with Crippen LogP contribution in [0.4, 0.5) is 5.69 Å². The molecule has 6 aliphatic carbocycles. The molecule has 1 aromatic carbocycles. The number of phenols is 1. The number of hydrogen-bond donors (Lipinski definition) is 5. The van der Waals surface area contributed by atoms with E-state index in [2.05, 4.69) is 39.8 Å². The number of aromatic hydroxyl groups is 1. The second kappa shape index (κ2) is 13.0. The number of anilines is 1. The molecule has 9 rings (SSSR count). The van der Waals surface area contributed by atoms with Crippen LogP contribution in [0.2, 0.25) is 0 Å². The van der Waals surface area contributed by atoms with Crippen LogP contribution < -0.4 is 4.90 Å². The Morgan fingerprint density at radius 2 is 1.71 bits per heavy atom.